The van der Waals surface area contributed by atoms with Gasteiger partial charge in [-0.1, -0.05) is 42.5 Å². The number of hydrogen-bond donors (Lipinski definition) is 1. The Balaban J connectivity index is 1.37. The molecule has 1 saturated heterocycles. The molecule has 0 saturated carbocycles. The molecule has 1 aliphatic heterocycles. The van der Waals surface area contributed by atoms with Crippen molar-refractivity contribution in [2.45, 2.75) is 24.2 Å². The molecule has 3 aromatic carbocycles. The zero-order valence-electron chi connectivity index (χ0n) is 17.6. The highest BCUT2D eigenvalue weighted by Crippen LogP contribution is 2.24. The first kappa shape index (κ1) is 22.0. The van der Waals surface area contributed by atoms with E-state index in [1.54, 1.807) is 6.07 Å². The van der Waals surface area contributed by atoms with Gasteiger partial charge in [0.2, 0.25) is 0 Å². The van der Waals surface area contributed by atoms with Gasteiger partial charge in [0.05, 0.1) is 10.6 Å². The highest BCUT2D eigenvalue weighted by molar-refractivity contribution is 7.92. The van der Waals surface area contributed by atoms with Crippen molar-refractivity contribution in [3.05, 3.63) is 95.8 Å². The lowest BCUT2D eigenvalue weighted by Gasteiger charge is -2.32. The predicted octanol–water partition coefficient (Wildman–Crippen LogP) is 4.72. The van der Waals surface area contributed by atoms with Crippen LogP contribution < -0.4 is 4.72 Å². The van der Waals surface area contributed by atoms with Gasteiger partial charge in [0.1, 0.15) is 5.82 Å². The van der Waals surface area contributed by atoms with Gasteiger partial charge in [-0.25, -0.2) is 12.8 Å². The van der Waals surface area contributed by atoms with E-state index in [1.807, 2.05) is 23.1 Å². The standard InChI is InChI=1S/C25H25FN2O3S/c26-23-8-4-5-9-24(23)27-32(30,31)22-12-10-21(11-13-22)25(29)28-16-14-20(15-17-28)18-19-6-2-1-3-7-19/h1-13,20,27H,14-18H2. The molecule has 1 heterocycles. The number of halogens is 1. The van der Waals surface area contributed by atoms with Crippen LogP contribution in [0.4, 0.5) is 10.1 Å². The molecule has 32 heavy (non-hydrogen) atoms. The van der Waals surface area contributed by atoms with Gasteiger partial charge in [-0.05, 0) is 67.1 Å². The number of nitrogens with zero attached hydrogens (tertiary/aromatic N) is 1. The summed E-state index contributed by atoms with van der Waals surface area (Å²) in [5, 5.41) is 0. The summed E-state index contributed by atoms with van der Waals surface area (Å²) in [6.07, 6.45) is 2.91. The van der Waals surface area contributed by atoms with E-state index in [4.69, 9.17) is 0 Å². The maximum atomic E-state index is 13.8. The summed E-state index contributed by atoms with van der Waals surface area (Å²) in [7, 11) is -3.96. The van der Waals surface area contributed by atoms with Crippen LogP contribution in [-0.2, 0) is 16.4 Å². The normalized spacial score (nSPS) is 14.8. The Kier molecular flexibility index (Phi) is 6.55. The SMILES string of the molecule is O=C(c1ccc(S(=O)(=O)Nc2ccccc2F)cc1)N1CCC(Cc2ccccc2)CC1. The fourth-order valence-electron chi connectivity index (χ4n) is 3.99. The highest BCUT2D eigenvalue weighted by atomic mass is 32.2. The Bertz CT molecular complexity index is 1170. The van der Waals surface area contributed by atoms with Crippen molar-refractivity contribution in [1.29, 1.82) is 0 Å². The number of piperidine rings is 1. The van der Waals surface area contributed by atoms with Gasteiger partial charge < -0.3 is 4.90 Å². The van der Waals surface area contributed by atoms with E-state index in [2.05, 4.69) is 16.9 Å². The van der Waals surface area contributed by atoms with Crippen LogP contribution in [0.1, 0.15) is 28.8 Å². The number of amides is 1. The number of rotatable bonds is 6. The Morgan fingerprint density at radius 2 is 1.53 bits per heavy atom. The van der Waals surface area contributed by atoms with Crippen LogP contribution >= 0.6 is 0 Å². The van der Waals surface area contributed by atoms with Crippen LogP contribution in [0.25, 0.3) is 0 Å². The Morgan fingerprint density at radius 3 is 2.19 bits per heavy atom. The Labute approximate surface area is 187 Å². The van der Waals surface area contributed by atoms with Gasteiger partial charge in [0.25, 0.3) is 15.9 Å². The first-order chi connectivity index (χ1) is 15.4. The third-order valence-electron chi connectivity index (χ3n) is 5.80. The minimum atomic E-state index is -3.96. The Morgan fingerprint density at radius 1 is 0.906 bits per heavy atom. The summed E-state index contributed by atoms with van der Waals surface area (Å²) >= 11 is 0. The van der Waals surface area contributed by atoms with Crippen LogP contribution in [0.5, 0.6) is 0 Å². The fourth-order valence-corrected chi connectivity index (χ4v) is 5.06. The predicted molar refractivity (Wildman–Crippen MR) is 122 cm³/mol. The van der Waals surface area contributed by atoms with Gasteiger partial charge >= 0.3 is 0 Å². The maximum absolute atomic E-state index is 13.8. The second kappa shape index (κ2) is 9.53. The van der Waals surface area contributed by atoms with E-state index < -0.39 is 15.8 Å². The van der Waals surface area contributed by atoms with Gasteiger partial charge in [-0.15, -0.1) is 0 Å². The summed E-state index contributed by atoms with van der Waals surface area (Å²) in [5.41, 5.74) is 1.64. The molecule has 1 fully saturated rings. The van der Waals surface area contributed by atoms with Gasteiger partial charge in [-0.3, -0.25) is 9.52 Å². The molecule has 4 rings (SSSR count). The molecule has 0 unspecified atom stereocenters. The largest absolute Gasteiger partial charge is 0.339 e. The molecule has 0 bridgehead atoms. The summed E-state index contributed by atoms with van der Waals surface area (Å²) in [6, 6.07) is 21.7. The first-order valence-electron chi connectivity index (χ1n) is 10.6. The molecule has 0 spiro atoms. The van der Waals surface area contributed by atoms with Gasteiger partial charge in [-0.2, -0.15) is 0 Å². The third kappa shape index (κ3) is 5.16. The Hall–Kier alpha value is -3.19. The smallest absolute Gasteiger partial charge is 0.261 e. The quantitative estimate of drug-likeness (QED) is 0.588. The molecule has 0 radical (unpaired) electrons. The number of likely N-dealkylation sites (tertiary alicyclic amines) is 1. The molecule has 1 N–H and O–H groups in total. The molecule has 0 aliphatic carbocycles. The molecule has 7 heteroatoms. The number of carbonyl (C=O) groups is 1. The lowest BCUT2D eigenvalue weighted by atomic mass is 9.90. The van der Waals surface area contributed by atoms with Crippen molar-refractivity contribution in [1.82, 2.24) is 4.90 Å². The van der Waals surface area contributed by atoms with Crippen molar-refractivity contribution in [3.63, 3.8) is 0 Å². The van der Waals surface area contributed by atoms with E-state index in [9.17, 15) is 17.6 Å². The zero-order valence-corrected chi connectivity index (χ0v) is 18.4. The summed E-state index contributed by atoms with van der Waals surface area (Å²) in [6.45, 7) is 1.37. The van der Waals surface area contributed by atoms with E-state index in [-0.39, 0.29) is 16.5 Å². The van der Waals surface area contributed by atoms with E-state index in [0.717, 1.165) is 19.3 Å². The van der Waals surface area contributed by atoms with E-state index in [0.29, 0.717) is 24.6 Å². The first-order valence-corrected chi connectivity index (χ1v) is 12.1. The lowest BCUT2D eigenvalue weighted by Crippen LogP contribution is -2.38. The summed E-state index contributed by atoms with van der Waals surface area (Å²) in [4.78, 5) is 14.7. The minimum absolute atomic E-state index is 0.0288. The van der Waals surface area contributed by atoms with E-state index >= 15 is 0 Å². The maximum Gasteiger partial charge on any atom is 0.261 e. The molecule has 3 aromatic rings. The van der Waals surface area contributed by atoms with Crippen molar-refractivity contribution < 1.29 is 17.6 Å². The lowest BCUT2D eigenvalue weighted by molar-refractivity contribution is 0.0690. The van der Waals surface area contributed by atoms with Gasteiger partial charge in [0, 0.05) is 18.7 Å². The zero-order chi connectivity index (χ0) is 22.6. The van der Waals surface area contributed by atoms with Crippen LogP contribution in [0.15, 0.2) is 83.8 Å². The highest BCUT2D eigenvalue weighted by Gasteiger charge is 2.24. The number of benzene rings is 3. The van der Waals surface area contributed by atoms with Crippen molar-refractivity contribution in [2.24, 2.45) is 5.92 Å². The van der Waals surface area contributed by atoms with Crippen molar-refractivity contribution in [3.8, 4) is 0 Å². The van der Waals surface area contributed by atoms with Crippen LogP contribution in [0.2, 0.25) is 0 Å². The van der Waals surface area contributed by atoms with Crippen molar-refractivity contribution in [2.75, 3.05) is 17.8 Å². The summed E-state index contributed by atoms with van der Waals surface area (Å²) < 4.78 is 41.1. The van der Waals surface area contributed by atoms with Crippen molar-refractivity contribution >= 4 is 21.6 Å². The number of nitrogens with one attached hydrogen (secondary N) is 1. The number of hydrogen-bond acceptors (Lipinski definition) is 3. The molecule has 5 nitrogen and oxygen atoms in total. The van der Waals surface area contributed by atoms with Crippen LogP contribution in [-0.4, -0.2) is 32.3 Å². The minimum Gasteiger partial charge on any atom is -0.339 e. The third-order valence-corrected chi connectivity index (χ3v) is 7.18. The molecule has 0 atom stereocenters. The number of carbonyl (C=O) groups excluding carboxylic acids is 1. The van der Waals surface area contributed by atoms with Crippen LogP contribution in [0, 0.1) is 11.7 Å². The molecular weight excluding hydrogens is 427 g/mol. The molecule has 1 amide bonds. The average Bonchev–Trinajstić information content (AvgIpc) is 2.81. The second-order valence-electron chi connectivity index (χ2n) is 8.04. The topological polar surface area (TPSA) is 66.5 Å². The number of anilines is 1. The van der Waals surface area contributed by atoms with E-state index in [1.165, 1.54) is 48.0 Å². The number of sulfonamides is 1. The molecule has 166 valence electrons. The number of para-hydroxylation sites is 1. The average molecular weight is 453 g/mol. The second-order valence-corrected chi connectivity index (χ2v) is 9.72. The molecule has 1 aliphatic rings. The van der Waals surface area contributed by atoms with Crippen LogP contribution in [0.3, 0.4) is 0 Å². The van der Waals surface area contributed by atoms with Gasteiger partial charge in [0.15, 0.2) is 0 Å². The summed E-state index contributed by atoms with van der Waals surface area (Å²) in [5.74, 6) is -0.203. The fraction of sp³-hybridized carbons (Fsp3) is 0.240. The molecular formula is C25H25FN2O3S. The molecule has 0 aromatic heterocycles. The monoisotopic (exact) mass is 452 g/mol.